The molecule has 0 aliphatic carbocycles. The van der Waals surface area contributed by atoms with E-state index >= 15 is 0 Å². The minimum Gasteiger partial charge on any atom is -0.305 e. The molecule has 0 bridgehead atoms. The van der Waals surface area contributed by atoms with Crippen molar-refractivity contribution in [3.8, 4) is 6.07 Å². The maximum atomic E-state index is 8.78. The molecule has 1 atom stereocenters. The Balaban J connectivity index is 1.98. The van der Waals surface area contributed by atoms with Crippen LogP contribution >= 0.6 is 22.7 Å². The van der Waals surface area contributed by atoms with Crippen molar-refractivity contribution in [1.82, 2.24) is 5.32 Å². The number of nitriles is 1. The number of nitrogens with one attached hydrogen (secondary N) is 1. The molecule has 0 aliphatic rings. The molecular formula is C14H16N2S2. The first kappa shape index (κ1) is 13.3. The van der Waals surface area contributed by atoms with Gasteiger partial charge in [-0.3, -0.25) is 0 Å². The van der Waals surface area contributed by atoms with Crippen LogP contribution in [0.25, 0.3) is 0 Å². The summed E-state index contributed by atoms with van der Waals surface area (Å²) in [6.07, 6.45) is 0. The van der Waals surface area contributed by atoms with E-state index in [1.165, 1.54) is 20.2 Å². The van der Waals surface area contributed by atoms with Crippen molar-refractivity contribution in [1.29, 1.82) is 5.26 Å². The van der Waals surface area contributed by atoms with E-state index in [-0.39, 0.29) is 0 Å². The molecule has 0 saturated heterocycles. The Hall–Kier alpha value is -1.15. The van der Waals surface area contributed by atoms with Crippen LogP contribution in [-0.2, 0) is 6.54 Å². The van der Waals surface area contributed by atoms with Gasteiger partial charge in [-0.2, -0.15) is 5.26 Å². The summed E-state index contributed by atoms with van der Waals surface area (Å²) in [5, 5.41) is 14.2. The lowest BCUT2D eigenvalue weighted by Crippen LogP contribution is -2.17. The first-order valence-corrected chi connectivity index (χ1v) is 7.57. The van der Waals surface area contributed by atoms with Gasteiger partial charge in [-0.05, 0) is 38.5 Å². The fourth-order valence-corrected chi connectivity index (χ4v) is 3.76. The van der Waals surface area contributed by atoms with Crippen LogP contribution in [0.5, 0.6) is 0 Å². The predicted molar refractivity (Wildman–Crippen MR) is 78.1 cm³/mol. The Morgan fingerprint density at radius 3 is 2.72 bits per heavy atom. The number of aryl methyl sites for hydroxylation is 2. The second kappa shape index (κ2) is 5.66. The summed E-state index contributed by atoms with van der Waals surface area (Å²) in [6, 6.07) is 6.72. The molecule has 2 heterocycles. The molecule has 0 aromatic carbocycles. The van der Waals surface area contributed by atoms with E-state index in [1.807, 2.05) is 22.8 Å². The Morgan fingerprint density at radius 1 is 1.39 bits per heavy atom. The van der Waals surface area contributed by atoms with Gasteiger partial charge >= 0.3 is 0 Å². The van der Waals surface area contributed by atoms with Crippen molar-refractivity contribution in [2.45, 2.75) is 33.4 Å². The largest absolute Gasteiger partial charge is 0.305 e. The summed E-state index contributed by atoms with van der Waals surface area (Å²) in [6.45, 7) is 7.33. The third-order valence-electron chi connectivity index (χ3n) is 2.91. The number of nitrogens with zero attached hydrogens (tertiary/aromatic N) is 1. The lowest BCUT2D eigenvalue weighted by atomic mass is 10.1. The molecule has 94 valence electrons. The van der Waals surface area contributed by atoms with E-state index in [0.29, 0.717) is 6.04 Å². The molecule has 2 rings (SSSR count). The normalized spacial score (nSPS) is 12.3. The summed E-state index contributed by atoms with van der Waals surface area (Å²) in [4.78, 5) is 3.96. The molecule has 0 radical (unpaired) electrons. The van der Waals surface area contributed by atoms with Crippen LogP contribution in [0.4, 0.5) is 0 Å². The molecular weight excluding hydrogens is 260 g/mol. The van der Waals surface area contributed by atoms with E-state index in [4.69, 9.17) is 5.26 Å². The average molecular weight is 276 g/mol. The Morgan fingerprint density at radius 2 is 2.17 bits per heavy atom. The van der Waals surface area contributed by atoms with Crippen molar-refractivity contribution in [3.05, 3.63) is 43.3 Å². The predicted octanol–water partition coefficient (Wildman–Crippen LogP) is 4.15. The molecule has 2 nitrogen and oxygen atoms in total. The van der Waals surface area contributed by atoms with Crippen LogP contribution in [0.15, 0.2) is 17.5 Å². The van der Waals surface area contributed by atoms with E-state index in [1.54, 1.807) is 11.3 Å². The molecule has 1 N–H and O–H groups in total. The smallest absolute Gasteiger partial charge is 0.100 e. The van der Waals surface area contributed by atoms with Gasteiger partial charge in [0, 0.05) is 32.6 Å². The maximum Gasteiger partial charge on any atom is 0.100 e. The van der Waals surface area contributed by atoms with Crippen LogP contribution in [0, 0.1) is 25.2 Å². The zero-order chi connectivity index (χ0) is 13.1. The monoisotopic (exact) mass is 276 g/mol. The number of hydrogen-bond acceptors (Lipinski definition) is 4. The number of thiophene rings is 2. The molecule has 4 heteroatoms. The topological polar surface area (TPSA) is 35.8 Å². The molecule has 0 spiro atoms. The fourth-order valence-electron chi connectivity index (χ4n) is 1.98. The van der Waals surface area contributed by atoms with Gasteiger partial charge in [0.25, 0.3) is 0 Å². The van der Waals surface area contributed by atoms with Crippen molar-refractivity contribution in [2.75, 3.05) is 0 Å². The summed E-state index contributed by atoms with van der Waals surface area (Å²) < 4.78 is 0. The molecule has 0 aliphatic heterocycles. The third-order valence-corrected chi connectivity index (χ3v) is 4.83. The van der Waals surface area contributed by atoms with E-state index < -0.39 is 0 Å². The van der Waals surface area contributed by atoms with E-state index in [0.717, 1.165) is 12.1 Å². The quantitative estimate of drug-likeness (QED) is 0.910. The van der Waals surface area contributed by atoms with Gasteiger partial charge in [0.15, 0.2) is 0 Å². The van der Waals surface area contributed by atoms with Crippen LogP contribution in [0.2, 0.25) is 0 Å². The highest BCUT2D eigenvalue weighted by Crippen LogP contribution is 2.26. The molecule has 1 unspecified atom stereocenters. The van der Waals surface area contributed by atoms with Gasteiger partial charge in [-0.1, -0.05) is 0 Å². The lowest BCUT2D eigenvalue weighted by molar-refractivity contribution is 0.578. The number of rotatable bonds is 4. The van der Waals surface area contributed by atoms with Crippen LogP contribution in [0.1, 0.15) is 38.7 Å². The van der Waals surface area contributed by atoms with E-state index in [2.05, 4.69) is 38.2 Å². The van der Waals surface area contributed by atoms with Gasteiger partial charge < -0.3 is 5.32 Å². The Bertz CT molecular complexity index is 575. The first-order chi connectivity index (χ1) is 8.60. The molecule has 0 saturated carbocycles. The van der Waals surface area contributed by atoms with Gasteiger partial charge in [0.05, 0.1) is 5.56 Å². The second-order valence-electron chi connectivity index (χ2n) is 4.38. The Labute approximate surface area is 116 Å². The fraction of sp³-hybridized carbons (Fsp3) is 0.357. The SMILES string of the molecule is Cc1cc(C(C)NCc2cc(C#N)cs2)c(C)s1. The third kappa shape index (κ3) is 2.99. The highest BCUT2D eigenvalue weighted by atomic mass is 32.1. The van der Waals surface area contributed by atoms with Crippen molar-refractivity contribution >= 4 is 22.7 Å². The number of hydrogen-bond donors (Lipinski definition) is 1. The Kier molecular flexibility index (Phi) is 4.18. The van der Waals surface area contributed by atoms with Crippen molar-refractivity contribution in [2.24, 2.45) is 0 Å². The minimum absolute atomic E-state index is 0.350. The molecule has 18 heavy (non-hydrogen) atoms. The highest BCUT2D eigenvalue weighted by Gasteiger charge is 2.11. The van der Waals surface area contributed by atoms with Gasteiger partial charge in [0.2, 0.25) is 0 Å². The molecule has 2 aromatic heterocycles. The molecule has 2 aromatic rings. The summed E-state index contributed by atoms with van der Waals surface area (Å²) in [7, 11) is 0. The standard InChI is InChI=1S/C14H16N2S2/c1-9-4-14(11(3)18-9)10(2)16-7-13-5-12(6-15)8-17-13/h4-5,8,10,16H,7H2,1-3H3. The van der Waals surface area contributed by atoms with Crippen LogP contribution in [-0.4, -0.2) is 0 Å². The van der Waals surface area contributed by atoms with E-state index in [9.17, 15) is 0 Å². The summed E-state index contributed by atoms with van der Waals surface area (Å²) >= 11 is 3.48. The average Bonchev–Trinajstić information content (AvgIpc) is 2.92. The van der Waals surface area contributed by atoms with Gasteiger partial charge in [-0.25, -0.2) is 0 Å². The van der Waals surface area contributed by atoms with Gasteiger partial charge in [-0.15, -0.1) is 22.7 Å². The van der Waals surface area contributed by atoms with Crippen LogP contribution in [0.3, 0.4) is 0 Å². The minimum atomic E-state index is 0.350. The summed E-state index contributed by atoms with van der Waals surface area (Å²) in [5.41, 5.74) is 2.14. The second-order valence-corrected chi connectivity index (χ2v) is 6.84. The lowest BCUT2D eigenvalue weighted by Gasteiger charge is -2.12. The zero-order valence-corrected chi connectivity index (χ0v) is 12.4. The van der Waals surface area contributed by atoms with Gasteiger partial charge in [0.1, 0.15) is 6.07 Å². The maximum absolute atomic E-state index is 8.78. The molecule has 0 fully saturated rings. The highest BCUT2D eigenvalue weighted by molar-refractivity contribution is 7.12. The van der Waals surface area contributed by atoms with Crippen LogP contribution < -0.4 is 5.32 Å². The summed E-state index contributed by atoms with van der Waals surface area (Å²) in [5.74, 6) is 0. The first-order valence-electron chi connectivity index (χ1n) is 5.88. The molecule has 0 amide bonds. The van der Waals surface area contributed by atoms with Crippen molar-refractivity contribution < 1.29 is 0 Å². The zero-order valence-electron chi connectivity index (χ0n) is 10.8. The van der Waals surface area contributed by atoms with Crippen molar-refractivity contribution in [3.63, 3.8) is 0 Å².